The topological polar surface area (TPSA) is 49.4 Å². The molecule has 0 aromatic heterocycles. The predicted molar refractivity (Wildman–Crippen MR) is 87.0 cm³/mol. The zero-order valence-electron chi connectivity index (χ0n) is 13.1. The van der Waals surface area contributed by atoms with Crippen LogP contribution in [0.5, 0.6) is 0 Å². The van der Waals surface area contributed by atoms with Crippen LogP contribution in [0.15, 0.2) is 42.5 Å². The third-order valence-electron chi connectivity index (χ3n) is 4.00. The lowest BCUT2D eigenvalue weighted by molar-refractivity contribution is -0.134. The molecule has 1 aliphatic carbocycles. The molecule has 1 atom stereocenters. The number of nitrogens with one attached hydrogen (secondary N) is 1. The second-order valence-corrected chi connectivity index (χ2v) is 5.59. The summed E-state index contributed by atoms with van der Waals surface area (Å²) in [6.45, 7) is 3.25. The Morgan fingerprint density at radius 3 is 2.64 bits per heavy atom. The van der Waals surface area contributed by atoms with Crippen molar-refractivity contribution in [1.82, 2.24) is 10.2 Å². The van der Waals surface area contributed by atoms with Crippen molar-refractivity contribution in [3.8, 4) is 0 Å². The lowest BCUT2D eigenvalue weighted by Gasteiger charge is -2.22. The second kappa shape index (κ2) is 8.37. The molecule has 0 heterocycles. The molecule has 0 saturated carbocycles. The molecule has 0 saturated heterocycles. The van der Waals surface area contributed by atoms with Gasteiger partial charge in [-0.05, 0) is 31.7 Å². The van der Waals surface area contributed by atoms with Crippen molar-refractivity contribution in [2.24, 2.45) is 5.92 Å². The number of hydrogen-bond acceptors (Lipinski definition) is 2. The predicted octanol–water partition coefficient (Wildman–Crippen LogP) is 2.51. The molecule has 1 aromatic rings. The molecule has 1 aromatic carbocycles. The van der Waals surface area contributed by atoms with Crippen LogP contribution in [0.3, 0.4) is 0 Å². The van der Waals surface area contributed by atoms with Crippen molar-refractivity contribution in [3.05, 3.63) is 48.0 Å². The summed E-state index contributed by atoms with van der Waals surface area (Å²) in [5, 5.41) is 2.79. The summed E-state index contributed by atoms with van der Waals surface area (Å²) in [7, 11) is 0. The van der Waals surface area contributed by atoms with E-state index in [9.17, 15) is 9.59 Å². The molecule has 4 nitrogen and oxygen atoms in total. The first-order valence-corrected chi connectivity index (χ1v) is 7.95. The van der Waals surface area contributed by atoms with Crippen LogP contribution in [0.2, 0.25) is 0 Å². The van der Waals surface area contributed by atoms with Gasteiger partial charge in [-0.25, -0.2) is 0 Å². The maximum absolute atomic E-state index is 12.3. The van der Waals surface area contributed by atoms with Gasteiger partial charge in [0, 0.05) is 19.0 Å². The molecular formula is C18H24N2O2. The molecule has 118 valence electrons. The van der Waals surface area contributed by atoms with E-state index < -0.39 is 0 Å². The van der Waals surface area contributed by atoms with Gasteiger partial charge in [0.1, 0.15) is 0 Å². The summed E-state index contributed by atoms with van der Waals surface area (Å²) in [5.74, 6) is -0.0264. The molecule has 1 N–H and O–H groups in total. The van der Waals surface area contributed by atoms with E-state index >= 15 is 0 Å². The summed E-state index contributed by atoms with van der Waals surface area (Å²) in [6, 6.07) is 9.89. The van der Waals surface area contributed by atoms with Crippen molar-refractivity contribution in [2.45, 2.75) is 32.7 Å². The quantitative estimate of drug-likeness (QED) is 0.821. The third kappa shape index (κ3) is 4.72. The Bertz CT molecular complexity index is 525. The van der Waals surface area contributed by atoms with E-state index in [4.69, 9.17) is 0 Å². The zero-order valence-corrected chi connectivity index (χ0v) is 13.1. The van der Waals surface area contributed by atoms with E-state index in [0.29, 0.717) is 13.1 Å². The first kappa shape index (κ1) is 16.3. The van der Waals surface area contributed by atoms with Gasteiger partial charge in [-0.1, -0.05) is 42.5 Å². The Morgan fingerprint density at radius 1 is 1.23 bits per heavy atom. The fourth-order valence-corrected chi connectivity index (χ4v) is 2.63. The van der Waals surface area contributed by atoms with Crippen molar-refractivity contribution in [2.75, 3.05) is 13.1 Å². The monoisotopic (exact) mass is 300 g/mol. The Labute approximate surface area is 132 Å². The number of benzene rings is 1. The van der Waals surface area contributed by atoms with Gasteiger partial charge in [0.25, 0.3) is 0 Å². The molecule has 22 heavy (non-hydrogen) atoms. The highest BCUT2D eigenvalue weighted by atomic mass is 16.2. The fourth-order valence-electron chi connectivity index (χ4n) is 2.63. The second-order valence-electron chi connectivity index (χ2n) is 5.59. The first-order chi connectivity index (χ1) is 10.7. The normalized spacial score (nSPS) is 17.0. The minimum atomic E-state index is -0.0361. The van der Waals surface area contributed by atoms with Crippen molar-refractivity contribution in [3.63, 3.8) is 0 Å². The Hall–Kier alpha value is -2.10. The van der Waals surface area contributed by atoms with E-state index in [1.807, 2.05) is 43.3 Å². The summed E-state index contributed by atoms with van der Waals surface area (Å²) in [4.78, 5) is 26.1. The Balaban J connectivity index is 1.81. The maximum atomic E-state index is 12.3. The fraction of sp³-hybridized carbons (Fsp3) is 0.444. The molecule has 2 amide bonds. The number of likely N-dealkylation sites (N-methyl/N-ethyl adjacent to an activating group) is 1. The van der Waals surface area contributed by atoms with Gasteiger partial charge >= 0.3 is 0 Å². The maximum Gasteiger partial charge on any atom is 0.242 e. The molecule has 0 radical (unpaired) electrons. The van der Waals surface area contributed by atoms with Gasteiger partial charge in [-0.15, -0.1) is 0 Å². The van der Waals surface area contributed by atoms with Crippen LogP contribution in [0.25, 0.3) is 0 Å². The van der Waals surface area contributed by atoms with E-state index in [0.717, 1.165) is 24.8 Å². The summed E-state index contributed by atoms with van der Waals surface area (Å²) in [6.07, 6.45) is 6.75. The van der Waals surface area contributed by atoms with E-state index in [-0.39, 0.29) is 24.3 Å². The minimum Gasteiger partial charge on any atom is -0.347 e. The first-order valence-electron chi connectivity index (χ1n) is 7.95. The summed E-state index contributed by atoms with van der Waals surface area (Å²) >= 11 is 0. The molecule has 0 unspecified atom stereocenters. The molecule has 0 fully saturated rings. The highest BCUT2D eigenvalue weighted by Crippen LogP contribution is 2.17. The molecule has 4 heteroatoms. The van der Waals surface area contributed by atoms with Crippen LogP contribution in [-0.4, -0.2) is 29.8 Å². The SMILES string of the molecule is CCN(Cc1ccccc1)C(=O)CNC(=O)[C@H]1CC=CCC1. The smallest absolute Gasteiger partial charge is 0.242 e. The van der Waals surface area contributed by atoms with Crippen LogP contribution in [0.4, 0.5) is 0 Å². The summed E-state index contributed by atoms with van der Waals surface area (Å²) in [5.41, 5.74) is 1.10. The average Bonchev–Trinajstić information content (AvgIpc) is 2.59. The van der Waals surface area contributed by atoms with Crippen molar-refractivity contribution in [1.29, 1.82) is 0 Å². The van der Waals surface area contributed by atoms with Crippen LogP contribution in [0, 0.1) is 5.92 Å². The number of amides is 2. The largest absolute Gasteiger partial charge is 0.347 e. The molecular weight excluding hydrogens is 276 g/mol. The Kier molecular flexibility index (Phi) is 6.19. The van der Waals surface area contributed by atoms with Gasteiger partial charge in [0.15, 0.2) is 0 Å². The molecule has 2 rings (SSSR count). The van der Waals surface area contributed by atoms with Gasteiger partial charge in [0.05, 0.1) is 6.54 Å². The van der Waals surface area contributed by atoms with E-state index in [1.54, 1.807) is 4.90 Å². The van der Waals surface area contributed by atoms with Crippen LogP contribution in [0.1, 0.15) is 31.7 Å². The number of allylic oxidation sites excluding steroid dienone is 2. The third-order valence-corrected chi connectivity index (χ3v) is 4.00. The number of carbonyl (C=O) groups is 2. The standard InChI is InChI=1S/C18H24N2O2/c1-2-20(14-15-9-5-3-6-10-15)17(21)13-19-18(22)16-11-7-4-8-12-16/h3-7,9-10,16H,2,8,11-14H2,1H3,(H,19,22)/t16-/m0/s1. The van der Waals surface area contributed by atoms with Gasteiger partial charge in [-0.3, -0.25) is 9.59 Å². The minimum absolute atomic E-state index is 0.00605. The molecule has 0 spiro atoms. The zero-order chi connectivity index (χ0) is 15.8. The Morgan fingerprint density at radius 2 is 2.00 bits per heavy atom. The van der Waals surface area contributed by atoms with E-state index in [2.05, 4.69) is 11.4 Å². The molecule has 0 aliphatic heterocycles. The average molecular weight is 300 g/mol. The lowest BCUT2D eigenvalue weighted by atomic mass is 9.94. The highest BCUT2D eigenvalue weighted by molar-refractivity contribution is 5.86. The van der Waals surface area contributed by atoms with Crippen LogP contribution in [-0.2, 0) is 16.1 Å². The van der Waals surface area contributed by atoms with Crippen LogP contribution >= 0.6 is 0 Å². The number of carbonyl (C=O) groups excluding carboxylic acids is 2. The van der Waals surface area contributed by atoms with E-state index in [1.165, 1.54) is 0 Å². The van der Waals surface area contributed by atoms with Gasteiger partial charge in [-0.2, -0.15) is 0 Å². The molecule has 0 bridgehead atoms. The molecule has 1 aliphatic rings. The van der Waals surface area contributed by atoms with Crippen LogP contribution < -0.4 is 5.32 Å². The van der Waals surface area contributed by atoms with Crippen molar-refractivity contribution < 1.29 is 9.59 Å². The number of nitrogens with zero attached hydrogens (tertiary/aromatic N) is 1. The van der Waals surface area contributed by atoms with Gasteiger partial charge < -0.3 is 10.2 Å². The highest BCUT2D eigenvalue weighted by Gasteiger charge is 2.20. The lowest BCUT2D eigenvalue weighted by Crippen LogP contribution is -2.41. The van der Waals surface area contributed by atoms with Crippen molar-refractivity contribution >= 4 is 11.8 Å². The van der Waals surface area contributed by atoms with Gasteiger partial charge in [0.2, 0.25) is 11.8 Å². The number of hydrogen-bond donors (Lipinski definition) is 1. The summed E-state index contributed by atoms with van der Waals surface area (Å²) < 4.78 is 0. The number of rotatable bonds is 6.